The Hall–Kier alpha value is -3.49. The van der Waals surface area contributed by atoms with Crippen LogP contribution in [0.15, 0.2) is 54.6 Å². The van der Waals surface area contributed by atoms with Crippen molar-refractivity contribution in [3.63, 3.8) is 0 Å². The Balaban J connectivity index is 1.99. The molecule has 2 atom stereocenters. The molecule has 2 N–H and O–H groups in total. The quantitative estimate of drug-likeness (QED) is 0.517. The Morgan fingerprint density at radius 1 is 1.14 bits per heavy atom. The van der Waals surface area contributed by atoms with Crippen molar-refractivity contribution in [1.29, 1.82) is 0 Å². The lowest BCUT2D eigenvalue weighted by molar-refractivity contribution is -0.149. The zero-order valence-corrected chi connectivity index (χ0v) is 20.5. The minimum absolute atomic E-state index is 0.0294. The summed E-state index contributed by atoms with van der Waals surface area (Å²) in [5.41, 5.74) is 1.64. The molecule has 1 aromatic heterocycles. The number of amides is 1. The molecule has 2 heterocycles. The lowest BCUT2D eigenvalue weighted by atomic mass is 9.77. The van der Waals surface area contributed by atoms with Crippen molar-refractivity contribution >= 4 is 29.2 Å². The Bertz CT molecular complexity index is 1230. The van der Waals surface area contributed by atoms with Crippen molar-refractivity contribution < 1.29 is 19.4 Å². The minimum atomic E-state index is -1.53. The molecule has 1 amide bonds. The first kappa shape index (κ1) is 24.6. The number of ether oxygens (including phenoxy) is 1. The van der Waals surface area contributed by atoms with Gasteiger partial charge in [-0.15, -0.1) is 0 Å². The number of nitrogens with one attached hydrogen (secondary N) is 1. The molecule has 0 radical (unpaired) electrons. The second-order valence-corrected chi connectivity index (χ2v) is 8.75. The number of fused-ring (bicyclic) bond motifs is 1. The van der Waals surface area contributed by atoms with Crippen LogP contribution in [0.2, 0.25) is 5.02 Å². The van der Waals surface area contributed by atoms with Gasteiger partial charge < -0.3 is 14.7 Å². The maximum Gasteiger partial charge on any atom is 0.347 e. The molecule has 0 unspecified atom stereocenters. The summed E-state index contributed by atoms with van der Waals surface area (Å²) < 4.78 is 6.12. The number of aromatic nitrogens is 2. The highest BCUT2D eigenvalue weighted by Gasteiger charge is 2.52. The lowest BCUT2D eigenvalue weighted by Gasteiger charge is -2.39. The largest absolute Gasteiger partial charge is 0.478 e. The summed E-state index contributed by atoms with van der Waals surface area (Å²) in [5.74, 6) is -1.47. The summed E-state index contributed by atoms with van der Waals surface area (Å²) in [4.78, 5) is 36.2. The van der Waals surface area contributed by atoms with E-state index in [4.69, 9.17) is 16.3 Å². The van der Waals surface area contributed by atoms with E-state index in [9.17, 15) is 14.7 Å². The SMILES string of the molecule is CCc1cc(CC)nc(O[C@H](C(=O)O)[C@@]2(c3ccccc3)NCC(=O)N(C)c3ccc(Cl)cc32)n1. The number of carboxylic acid groups (broad SMARTS) is 1. The van der Waals surface area contributed by atoms with E-state index < -0.39 is 17.6 Å². The zero-order valence-electron chi connectivity index (χ0n) is 19.8. The van der Waals surface area contributed by atoms with Crippen molar-refractivity contribution in [3.8, 4) is 6.01 Å². The second kappa shape index (κ2) is 10.0. The number of hydrogen-bond donors (Lipinski definition) is 2. The third-order valence-electron chi connectivity index (χ3n) is 6.24. The van der Waals surface area contributed by atoms with Crippen LogP contribution in [-0.4, -0.2) is 46.6 Å². The van der Waals surface area contributed by atoms with Crippen molar-refractivity contribution in [2.24, 2.45) is 0 Å². The van der Waals surface area contributed by atoms with Crippen LogP contribution < -0.4 is 15.0 Å². The highest BCUT2D eigenvalue weighted by molar-refractivity contribution is 6.30. The van der Waals surface area contributed by atoms with Crippen molar-refractivity contribution in [2.45, 2.75) is 38.3 Å². The van der Waals surface area contributed by atoms with Crippen LogP contribution in [0.5, 0.6) is 6.01 Å². The topological polar surface area (TPSA) is 105 Å². The first-order valence-corrected chi connectivity index (χ1v) is 11.8. The maximum atomic E-state index is 12.9. The molecule has 0 aliphatic carbocycles. The van der Waals surface area contributed by atoms with Gasteiger partial charge in [-0.2, -0.15) is 0 Å². The maximum absolute atomic E-state index is 12.9. The number of carboxylic acids is 1. The van der Waals surface area contributed by atoms with E-state index in [1.54, 1.807) is 37.4 Å². The molecule has 1 aliphatic rings. The van der Waals surface area contributed by atoms with Gasteiger partial charge in [-0.1, -0.05) is 55.8 Å². The van der Waals surface area contributed by atoms with Crippen LogP contribution in [0.25, 0.3) is 0 Å². The average molecular weight is 495 g/mol. The number of benzene rings is 2. The molecule has 0 spiro atoms. The van der Waals surface area contributed by atoms with Gasteiger partial charge >= 0.3 is 12.0 Å². The van der Waals surface area contributed by atoms with E-state index in [1.807, 2.05) is 38.1 Å². The summed E-state index contributed by atoms with van der Waals surface area (Å²) in [6, 6.07) is 15.9. The van der Waals surface area contributed by atoms with Crippen LogP contribution in [0.1, 0.15) is 36.4 Å². The number of halogens is 1. The fourth-order valence-electron chi connectivity index (χ4n) is 4.40. The van der Waals surface area contributed by atoms with Gasteiger partial charge in [0.2, 0.25) is 12.0 Å². The molecule has 0 fully saturated rings. The van der Waals surface area contributed by atoms with Crippen LogP contribution in [-0.2, 0) is 28.0 Å². The van der Waals surface area contributed by atoms with E-state index in [0.717, 1.165) is 11.4 Å². The Labute approximate surface area is 208 Å². The predicted octanol–water partition coefficient (Wildman–Crippen LogP) is 3.60. The molecule has 0 bridgehead atoms. The molecule has 8 nitrogen and oxygen atoms in total. The van der Waals surface area contributed by atoms with Gasteiger partial charge in [0.1, 0.15) is 5.54 Å². The summed E-state index contributed by atoms with van der Waals surface area (Å²) in [5, 5.41) is 14.2. The van der Waals surface area contributed by atoms with E-state index in [1.165, 1.54) is 4.90 Å². The van der Waals surface area contributed by atoms with Crippen molar-refractivity contribution in [2.75, 3.05) is 18.5 Å². The monoisotopic (exact) mass is 494 g/mol. The molecule has 0 saturated heterocycles. The van der Waals surface area contributed by atoms with Crippen LogP contribution in [0.3, 0.4) is 0 Å². The number of rotatable bonds is 7. The number of aryl methyl sites for hydroxylation is 2. The number of likely N-dealkylation sites (N-methyl/N-ethyl adjacent to an activating group) is 1. The van der Waals surface area contributed by atoms with Crippen LogP contribution in [0, 0.1) is 0 Å². The lowest BCUT2D eigenvalue weighted by Crippen LogP contribution is -2.58. The van der Waals surface area contributed by atoms with Crippen LogP contribution >= 0.6 is 11.6 Å². The van der Waals surface area contributed by atoms with Gasteiger partial charge in [-0.05, 0) is 42.7 Å². The van der Waals surface area contributed by atoms with E-state index >= 15 is 0 Å². The van der Waals surface area contributed by atoms with Crippen molar-refractivity contribution in [1.82, 2.24) is 15.3 Å². The number of carbonyl (C=O) groups is 2. The highest BCUT2D eigenvalue weighted by Crippen LogP contribution is 2.42. The number of anilines is 1. The van der Waals surface area contributed by atoms with Gasteiger partial charge in [-0.3, -0.25) is 10.1 Å². The standard InChI is InChI=1S/C26H27ClN4O4/c1-4-18-14-19(5-2)30-25(29-18)35-23(24(33)34)26(16-9-7-6-8-10-16)20-13-17(27)11-12-21(20)31(3)22(32)15-28-26/h6-14,23,28H,4-5,15H2,1-3H3,(H,33,34)/t23-,26+/m1/s1. The first-order chi connectivity index (χ1) is 16.8. The third kappa shape index (κ3) is 4.59. The number of hydrogen-bond acceptors (Lipinski definition) is 6. The molecule has 4 rings (SSSR count). The molecule has 1 aliphatic heterocycles. The fraction of sp³-hybridized carbons (Fsp3) is 0.308. The van der Waals surface area contributed by atoms with E-state index in [-0.39, 0.29) is 18.5 Å². The summed E-state index contributed by atoms with van der Waals surface area (Å²) >= 11 is 6.41. The summed E-state index contributed by atoms with van der Waals surface area (Å²) in [6.45, 7) is 3.79. The van der Waals surface area contributed by atoms with E-state index in [2.05, 4.69) is 15.3 Å². The fourth-order valence-corrected chi connectivity index (χ4v) is 4.57. The molecule has 9 heteroatoms. The predicted molar refractivity (Wildman–Crippen MR) is 133 cm³/mol. The number of carbonyl (C=O) groups excluding carboxylic acids is 1. The first-order valence-electron chi connectivity index (χ1n) is 11.4. The second-order valence-electron chi connectivity index (χ2n) is 8.32. The Morgan fingerprint density at radius 3 is 2.40 bits per heavy atom. The van der Waals surface area contributed by atoms with Crippen LogP contribution in [0.4, 0.5) is 5.69 Å². The summed E-state index contributed by atoms with van der Waals surface area (Å²) in [6.07, 6.45) is -0.245. The Morgan fingerprint density at radius 2 is 1.80 bits per heavy atom. The molecule has 0 saturated carbocycles. The van der Waals surface area contributed by atoms with Crippen molar-refractivity contribution in [3.05, 3.63) is 82.1 Å². The molecular formula is C26H27ClN4O4. The molecular weight excluding hydrogens is 468 g/mol. The smallest absolute Gasteiger partial charge is 0.347 e. The van der Waals surface area contributed by atoms with E-state index in [0.29, 0.717) is 34.7 Å². The zero-order chi connectivity index (χ0) is 25.2. The molecule has 35 heavy (non-hydrogen) atoms. The minimum Gasteiger partial charge on any atom is -0.478 e. The summed E-state index contributed by atoms with van der Waals surface area (Å²) in [7, 11) is 1.65. The third-order valence-corrected chi connectivity index (χ3v) is 6.48. The van der Waals surface area contributed by atoms with Gasteiger partial charge in [0, 0.05) is 34.7 Å². The number of nitrogens with zero attached hydrogens (tertiary/aromatic N) is 3. The van der Waals surface area contributed by atoms with Gasteiger partial charge in [0.25, 0.3) is 0 Å². The molecule has 182 valence electrons. The highest BCUT2D eigenvalue weighted by atomic mass is 35.5. The Kier molecular flexibility index (Phi) is 7.05. The normalized spacial score (nSPS) is 18.5. The average Bonchev–Trinajstić information content (AvgIpc) is 2.97. The molecule has 2 aromatic carbocycles. The van der Waals surface area contributed by atoms with Gasteiger partial charge in [0.05, 0.1) is 6.54 Å². The van der Waals surface area contributed by atoms with Gasteiger partial charge in [0.15, 0.2) is 0 Å². The molecule has 3 aromatic rings. The number of aliphatic carboxylic acids is 1. The van der Waals surface area contributed by atoms with Gasteiger partial charge in [-0.25, -0.2) is 14.8 Å².